The number of phosphoric acid groups is 1. The maximum absolute atomic E-state index is 10.3. The topological polar surface area (TPSA) is 96.2 Å². The molecule has 0 aromatic heterocycles. The van der Waals surface area contributed by atoms with E-state index in [-0.39, 0.29) is 0 Å². The lowest BCUT2D eigenvalue weighted by Crippen LogP contribution is -2.30. The van der Waals surface area contributed by atoms with E-state index < -0.39 is 37.5 Å². The van der Waals surface area contributed by atoms with Crippen LogP contribution in [0.2, 0.25) is 0 Å². The summed E-state index contributed by atoms with van der Waals surface area (Å²) < 4.78 is 19.5. The maximum atomic E-state index is 10.3. The zero-order valence-electron chi connectivity index (χ0n) is 6.99. The monoisotopic (exact) mass is 286 g/mol. The standard InChI is InChI=1S/C5H9BBrO6P/c6-5-3(7)4(8)2(13-5)1-12-14(9,10)11/h2-5,8H,1H2,(H2,9,10,11)/t2?,3-,4-,5-/m1/s1. The van der Waals surface area contributed by atoms with Crippen LogP contribution in [0.3, 0.4) is 0 Å². The average Bonchev–Trinajstić information content (AvgIpc) is 2.28. The summed E-state index contributed by atoms with van der Waals surface area (Å²) in [4.78, 5) is 16.3. The van der Waals surface area contributed by atoms with E-state index in [9.17, 15) is 9.67 Å². The first kappa shape index (κ1) is 12.6. The Hall–Kier alpha value is 0.575. The minimum atomic E-state index is -4.53. The summed E-state index contributed by atoms with van der Waals surface area (Å²) in [5.74, 6) is 0. The van der Waals surface area contributed by atoms with Crippen LogP contribution in [0.5, 0.6) is 0 Å². The number of rotatable bonds is 3. The number of aliphatic hydroxyl groups is 1. The first-order valence-corrected chi connectivity index (χ1v) is 6.19. The third kappa shape index (κ3) is 3.31. The molecule has 1 rings (SSSR count). The molecule has 80 valence electrons. The predicted molar refractivity (Wildman–Crippen MR) is 51.1 cm³/mol. The van der Waals surface area contributed by atoms with E-state index in [0.29, 0.717) is 0 Å². The van der Waals surface area contributed by atoms with Gasteiger partial charge in [0, 0.05) is 6.00 Å². The highest BCUT2D eigenvalue weighted by Gasteiger charge is 2.40. The van der Waals surface area contributed by atoms with E-state index >= 15 is 0 Å². The van der Waals surface area contributed by atoms with Gasteiger partial charge < -0.3 is 19.6 Å². The molecule has 0 spiro atoms. The summed E-state index contributed by atoms with van der Waals surface area (Å²) in [6.45, 7) is -0.402. The van der Waals surface area contributed by atoms with Gasteiger partial charge in [0.05, 0.1) is 17.5 Å². The highest BCUT2D eigenvalue weighted by molar-refractivity contribution is 9.09. The van der Waals surface area contributed by atoms with Crippen LogP contribution in [0, 0.1) is 0 Å². The Morgan fingerprint density at radius 2 is 2.14 bits per heavy atom. The minimum absolute atomic E-state index is 0.402. The molecule has 2 radical (unpaired) electrons. The van der Waals surface area contributed by atoms with Gasteiger partial charge >= 0.3 is 7.82 Å². The Labute approximate surface area is 90.4 Å². The fourth-order valence-electron chi connectivity index (χ4n) is 1.07. The first-order chi connectivity index (χ1) is 6.31. The number of phosphoric ester groups is 1. The zero-order chi connectivity index (χ0) is 10.9. The summed E-state index contributed by atoms with van der Waals surface area (Å²) in [5, 5.41) is 9.44. The third-order valence-corrected chi connectivity index (χ3v) is 3.31. The molecule has 1 aliphatic rings. The normalized spacial score (nSPS) is 38.9. The van der Waals surface area contributed by atoms with Gasteiger partial charge in [-0.2, -0.15) is 0 Å². The third-order valence-electron chi connectivity index (χ3n) is 1.76. The van der Waals surface area contributed by atoms with E-state index in [1.807, 2.05) is 0 Å². The van der Waals surface area contributed by atoms with Crippen LogP contribution in [-0.4, -0.2) is 52.4 Å². The molecular formula is C5H9BBrO6P. The molecule has 1 saturated heterocycles. The predicted octanol–water partition coefficient (Wildman–Crippen LogP) is -0.887. The van der Waals surface area contributed by atoms with Crippen molar-refractivity contribution in [3.8, 4) is 0 Å². The summed E-state index contributed by atoms with van der Waals surface area (Å²) in [6.07, 6.45) is -1.78. The fraction of sp³-hybridized carbons (Fsp3) is 1.00. The molecule has 0 aromatic carbocycles. The van der Waals surface area contributed by atoms with E-state index in [2.05, 4.69) is 20.5 Å². The summed E-state index contributed by atoms with van der Waals surface area (Å²) >= 11 is 3.08. The van der Waals surface area contributed by atoms with Crippen LogP contribution >= 0.6 is 23.8 Å². The average molecular weight is 287 g/mol. The SMILES string of the molecule is [B][C@@H]1OC(COP(=O)(O)O)[C@@H](O)[C@H]1Br. The Balaban J connectivity index is 2.44. The molecule has 1 unspecified atom stereocenters. The summed E-state index contributed by atoms with van der Waals surface area (Å²) in [7, 11) is 0.888. The van der Waals surface area contributed by atoms with Crippen molar-refractivity contribution in [3.63, 3.8) is 0 Å². The molecule has 0 bridgehead atoms. The molecule has 3 N–H and O–H groups in total. The number of aliphatic hydroxyl groups excluding tert-OH is 1. The largest absolute Gasteiger partial charge is 0.469 e. The minimum Gasteiger partial charge on any atom is -0.389 e. The van der Waals surface area contributed by atoms with Crippen LogP contribution in [0.25, 0.3) is 0 Å². The van der Waals surface area contributed by atoms with Crippen molar-refractivity contribution in [1.82, 2.24) is 0 Å². The lowest BCUT2D eigenvalue weighted by atomic mass is 9.96. The molecule has 6 nitrogen and oxygen atoms in total. The molecular weight excluding hydrogens is 278 g/mol. The molecule has 0 saturated carbocycles. The second-order valence-electron chi connectivity index (χ2n) is 2.86. The van der Waals surface area contributed by atoms with Crippen LogP contribution < -0.4 is 0 Å². The lowest BCUT2D eigenvalue weighted by Gasteiger charge is -2.14. The maximum Gasteiger partial charge on any atom is 0.469 e. The van der Waals surface area contributed by atoms with Crippen LogP contribution in [0.4, 0.5) is 0 Å². The fourth-order valence-corrected chi connectivity index (χ4v) is 1.87. The van der Waals surface area contributed by atoms with Gasteiger partial charge in [-0.1, -0.05) is 15.9 Å². The number of hydrogen-bond acceptors (Lipinski definition) is 4. The first-order valence-electron chi connectivity index (χ1n) is 3.74. The smallest absolute Gasteiger partial charge is 0.389 e. The lowest BCUT2D eigenvalue weighted by molar-refractivity contribution is -0.00412. The van der Waals surface area contributed by atoms with Gasteiger partial charge in [-0.05, 0) is 0 Å². The Kier molecular flexibility index (Phi) is 4.16. The molecule has 9 heteroatoms. The second-order valence-corrected chi connectivity index (χ2v) is 5.16. The van der Waals surface area contributed by atoms with Crippen molar-refractivity contribution >= 4 is 31.6 Å². The Bertz CT molecular complexity index is 246. The number of hydrogen-bond donors (Lipinski definition) is 3. The molecule has 0 amide bonds. The van der Waals surface area contributed by atoms with Crippen molar-refractivity contribution in [2.24, 2.45) is 0 Å². The van der Waals surface area contributed by atoms with Gasteiger partial charge in [-0.3, -0.25) is 4.52 Å². The van der Waals surface area contributed by atoms with Gasteiger partial charge in [-0.25, -0.2) is 4.57 Å². The molecule has 14 heavy (non-hydrogen) atoms. The Morgan fingerprint density at radius 1 is 1.57 bits per heavy atom. The molecule has 1 fully saturated rings. The van der Waals surface area contributed by atoms with Crippen LogP contribution in [0.1, 0.15) is 0 Å². The van der Waals surface area contributed by atoms with Crippen LogP contribution in [0.15, 0.2) is 0 Å². The van der Waals surface area contributed by atoms with Crippen molar-refractivity contribution in [2.45, 2.75) is 23.0 Å². The van der Waals surface area contributed by atoms with Crippen molar-refractivity contribution < 1.29 is 28.7 Å². The van der Waals surface area contributed by atoms with Crippen molar-refractivity contribution in [3.05, 3.63) is 0 Å². The summed E-state index contributed by atoms with van der Waals surface area (Å²) in [6, 6.07) is -0.713. The van der Waals surface area contributed by atoms with Crippen LogP contribution in [-0.2, 0) is 13.8 Å². The molecule has 0 aromatic rings. The Morgan fingerprint density at radius 3 is 2.50 bits per heavy atom. The number of alkyl halides is 1. The van der Waals surface area contributed by atoms with Gasteiger partial charge in [0.25, 0.3) is 0 Å². The highest BCUT2D eigenvalue weighted by atomic mass is 79.9. The zero-order valence-corrected chi connectivity index (χ0v) is 9.47. The van der Waals surface area contributed by atoms with Crippen molar-refractivity contribution in [2.75, 3.05) is 6.61 Å². The van der Waals surface area contributed by atoms with E-state index in [4.69, 9.17) is 22.4 Å². The van der Waals surface area contributed by atoms with E-state index in [1.165, 1.54) is 0 Å². The number of ether oxygens (including phenoxy) is 1. The molecule has 1 heterocycles. The second kappa shape index (κ2) is 4.61. The van der Waals surface area contributed by atoms with Gasteiger partial charge in [-0.15, -0.1) is 0 Å². The van der Waals surface area contributed by atoms with Gasteiger partial charge in [0.15, 0.2) is 0 Å². The molecule has 4 atom stereocenters. The quantitative estimate of drug-likeness (QED) is 0.354. The van der Waals surface area contributed by atoms with E-state index in [0.717, 1.165) is 0 Å². The molecule has 1 aliphatic heterocycles. The summed E-state index contributed by atoms with van der Waals surface area (Å²) in [5.41, 5.74) is 0. The number of halogens is 1. The van der Waals surface area contributed by atoms with Gasteiger partial charge in [0.1, 0.15) is 14.0 Å². The van der Waals surface area contributed by atoms with Crippen molar-refractivity contribution in [1.29, 1.82) is 0 Å². The molecule has 0 aliphatic carbocycles. The highest BCUT2D eigenvalue weighted by Crippen LogP contribution is 2.37. The van der Waals surface area contributed by atoms with E-state index in [1.54, 1.807) is 0 Å². The van der Waals surface area contributed by atoms with Gasteiger partial charge in [0.2, 0.25) is 0 Å².